The zero-order valence-electron chi connectivity index (χ0n) is 9.28. The van der Waals surface area contributed by atoms with Crippen molar-refractivity contribution in [3.05, 3.63) is 18.2 Å². The quantitative estimate of drug-likeness (QED) is 0.735. The molecular weight excluding hydrogens is 190 g/mol. The highest BCUT2D eigenvalue weighted by Crippen LogP contribution is 2.21. The molecule has 1 aliphatic rings. The number of hydrogen-bond donors (Lipinski definition) is 1. The molecule has 1 atom stereocenters. The maximum Gasteiger partial charge on any atom is 0.0949 e. The van der Waals surface area contributed by atoms with Gasteiger partial charge in [0.25, 0.3) is 0 Å². The van der Waals surface area contributed by atoms with Gasteiger partial charge in [-0.15, -0.1) is 0 Å². The molecule has 1 aliphatic heterocycles. The molecule has 0 bridgehead atoms. The summed E-state index contributed by atoms with van der Waals surface area (Å²) in [6.07, 6.45) is 5.12. The van der Waals surface area contributed by atoms with Gasteiger partial charge in [-0.05, 0) is 19.9 Å². The lowest BCUT2D eigenvalue weighted by Crippen LogP contribution is -2.13. The smallest absolute Gasteiger partial charge is 0.0949 e. The second-order valence-electron chi connectivity index (χ2n) is 3.90. The van der Waals surface area contributed by atoms with Gasteiger partial charge in [0, 0.05) is 37.5 Å². The molecule has 0 saturated carbocycles. The van der Waals surface area contributed by atoms with Gasteiger partial charge in [-0.3, -0.25) is 0 Å². The van der Waals surface area contributed by atoms with Crippen molar-refractivity contribution in [1.82, 2.24) is 14.9 Å². The summed E-state index contributed by atoms with van der Waals surface area (Å²) in [5, 5.41) is 3.38. The molecule has 0 amide bonds. The van der Waals surface area contributed by atoms with E-state index in [-0.39, 0.29) is 0 Å². The van der Waals surface area contributed by atoms with E-state index >= 15 is 0 Å². The molecule has 0 aromatic carbocycles. The summed E-state index contributed by atoms with van der Waals surface area (Å²) in [6.45, 7) is 6.71. The van der Waals surface area contributed by atoms with E-state index < -0.39 is 0 Å². The molecule has 2 heterocycles. The van der Waals surface area contributed by atoms with Gasteiger partial charge in [0.2, 0.25) is 0 Å². The zero-order valence-corrected chi connectivity index (χ0v) is 9.28. The van der Waals surface area contributed by atoms with Gasteiger partial charge < -0.3 is 14.6 Å². The first-order valence-corrected chi connectivity index (χ1v) is 5.70. The first-order chi connectivity index (χ1) is 7.42. The Hall–Kier alpha value is -0.870. The van der Waals surface area contributed by atoms with Crippen LogP contribution in [0, 0.1) is 0 Å². The third-order valence-electron chi connectivity index (χ3n) is 2.90. The predicted octanol–water partition coefficient (Wildman–Crippen LogP) is 0.997. The summed E-state index contributed by atoms with van der Waals surface area (Å²) in [4.78, 5) is 4.23. The average Bonchev–Trinajstić information content (AvgIpc) is 2.87. The third kappa shape index (κ3) is 2.58. The van der Waals surface area contributed by atoms with E-state index in [1.165, 1.54) is 12.1 Å². The summed E-state index contributed by atoms with van der Waals surface area (Å²) >= 11 is 0. The Morgan fingerprint density at radius 2 is 2.60 bits per heavy atom. The first-order valence-electron chi connectivity index (χ1n) is 5.70. The SMILES string of the molecule is CCOCCn1cncc1C1CCNC1. The van der Waals surface area contributed by atoms with Crippen LogP contribution in [0.1, 0.15) is 25.0 Å². The van der Waals surface area contributed by atoms with Crippen LogP contribution in [0.3, 0.4) is 0 Å². The second-order valence-corrected chi connectivity index (χ2v) is 3.90. The minimum absolute atomic E-state index is 0.633. The molecule has 1 saturated heterocycles. The Morgan fingerprint density at radius 1 is 1.67 bits per heavy atom. The Bertz CT molecular complexity index is 292. The predicted molar refractivity (Wildman–Crippen MR) is 58.9 cm³/mol. The number of nitrogens with zero attached hydrogens (tertiary/aromatic N) is 2. The molecule has 4 nitrogen and oxygen atoms in total. The number of nitrogens with one attached hydrogen (secondary N) is 1. The molecule has 84 valence electrons. The lowest BCUT2D eigenvalue weighted by atomic mass is 10.1. The van der Waals surface area contributed by atoms with Crippen molar-refractivity contribution >= 4 is 0 Å². The van der Waals surface area contributed by atoms with Crippen LogP contribution in [0.15, 0.2) is 12.5 Å². The molecule has 1 unspecified atom stereocenters. The van der Waals surface area contributed by atoms with Crippen LogP contribution in [-0.4, -0.2) is 35.9 Å². The molecule has 1 N–H and O–H groups in total. The lowest BCUT2D eigenvalue weighted by molar-refractivity contribution is 0.138. The maximum absolute atomic E-state index is 5.36. The van der Waals surface area contributed by atoms with Crippen LogP contribution in [0.5, 0.6) is 0 Å². The molecular formula is C11H19N3O. The fourth-order valence-corrected chi connectivity index (χ4v) is 2.07. The number of rotatable bonds is 5. The second kappa shape index (κ2) is 5.28. The molecule has 0 aliphatic carbocycles. The van der Waals surface area contributed by atoms with Crippen LogP contribution in [-0.2, 0) is 11.3 Å². The Morgan fingerprint density at radius 3 is 3.33 bits per heavy atom. The van der Waals surface area contributed by atoms with E-state index in [0.29, 0.717) is 5.92 Å². The van der Waals surface area contributed by atoms with E-state index in [1.54, 1.807) is 0 Å². The number of ether oxygens (including phenoxy) is 1. The Labute approximate surface area is 90.6 Å². The minimum atomic E-state index is 0.633. The van der Waals surface area contributed by atoms with Crippen molar-refractivity contribution in [2.45, 2.75) is 25.8 Å². The van der Waals surface area contributed by atoms with Gasteiger partial charge in [-0.25, -0.2) is 4.98 Å². The number of hydrogen-bond acceptors (Lipinski definition) is 3. The van der Waals surface area contributed by atoms with Crippen molar-refractivity contribution in [2.24, 2.45) is 0 Å². The summed E-state index contributed by atoms with van der Waals surface area (Å²) in [5.74, 6) is 0.633. The minimum Gasteiger partial charge on any atom is -0.380 e. The lowest BCUT2D eigenvalue weighted by Gasteiger charge is -2.12. The first kappa shape index (κ1) is 10.6. The molecule has 15 heavy (non-hydrogen) atoms. The molecule has 1 fully saturated rings. The van der Waals surface area contributed by atoms with E-state index in [4.69, 9.17) is 4.74 Å². The molecule has 4 heteroatoms. The monoisotopic (exact) mass is 209 g/mol. The van der Waals surface area contributed by atoms with Gasteiger partial charge in [0.05, 0.1) is 12.9 Å². The van der Waals surface area contributed by atoms with Crippen LogP contribution < -0.4 is 5.32 Å². The van der Waals surface area contributed by atoms with Gasteiger partial charge in [0.1, 0.15) is 0 Å². The fraction of sp³-hybridized carbons (Fsp3) is 0.727. The van der Waals surface area contributed by atoms with Crippen molar-refractivity contribution in [1.29, 1.82) is 0 Å². The van der Waals surface area contributed by atoms with Crippen molar-refractivity contribution in [3.8, 4) is 0 Å². The van der Waals surface area contributed by atoms with E-state index in [0.717, 1.165) is 32.8 Å². The summed E-state index contributed by atoms with van der Waals surface area (Å²) in [7, 11) is 0. The standard InChI is InChI=1S/C11H19N3O/c1-2-15-6-5-14-9-13-8-11(14)10-3-4-12-7-10/h8-10,12H,2-7H2,1H3. The molecule has 1 aromatic rings. The van der Waals surface area contributed by atoms with Crippen molar-refractivity contribution in [2.75, 3.05) is 26.3 Å². The van der Waals surface area contributed by atoms with Gasteiger partial charge in [-0.1, -0.05) is 0 Å². The summed E-state index contributed by atoms with van der Waals surface area (Å²) < 4.78 is 7.58. The summed E-state index contributed by atoms with van der Waals surface area (Å²) in [5.41, 5.74) is 1.35. The van der Waals surface area contributed by atoms with E-state index in [1.807, 2.05) is 19.4 Å². The molecule has 1 aromatic heterocycles. The molecule has 0 spiro atoms. The van der Waals surface area contributed by atoms with Crippen LogP contribution in [0.25, 0.3) is 0 Å². The topological polar surface area (TPSA) is 39.1 Å². The highest BCUT2D eigenvalue weighted by atomic mass is 16.5. The largest absolute Gasteiger partial charge is 0.380 e. The van der Waals surface area contributed by atoms with Crippen LogP contribution in [0.2, 0.25) is 0 Å². The van der Waals surface area contributed by atoms with E-state index in [2.05, 4.69) is 14.9 Å². The third-order valence-corrected chi connectivity index (χ3v) is 2.90. The highest BCUT2D eigenvalue weighted by molar-refractivity contribution is 5.09. The van der Waals surface area contributed by atoms with Gasteiger partial charge in [-0.2, -0.15) is 0 Å². The van der Waals surface area contributed by atoms with E-state index in [9.17, 15) is 0 Å². The maximum atomic E-state index is 5.36. The van der Waals surface area contributed by atoms with Crippen molar-refractivity contribution < 1.29 is 4.74 Å². The average molecular weight is 209 g/mol. The number of aromatic nitrogens is 2. The van der Waals surface area contributed by atoms with Gasteiger partial charge in [0.15, 0.2) is 0 Å². The summed E-state index contributed by atoms with van der Waals surface area (Å²) in [6, 6.07) is 0. The molecule has 0 radical (unpaired) electrons. The van der Waals surface area contributed by atoms with Crippen LogP contribution >= 0.6 is 0 Å². The normalized spacial score (nSPS) is 21.0. The zero-order chi connectivity index (χ0) is 10.5. The van der Waals surface area contributed by atoms with Crippen LogP contribution in [0.4, 0.5) is 0 Å². The number of imidazole rings is 1. The van der Waals surface area contributed by atoms with Gasteiger partial charge >= 0.3 is 0 Å². The Kier molecular flexibility index (Phi) is 3.75. The van der Waals surface area contributed by atoms with Crippen molar-refractivity contribution in [3.63, 3.8) is 0 Å². The fourth-order valence-electron chi connectivity index (χ4n) is 2.07. The molecule has 2 rings (SSSR count). The highest BCUT2D eigenvalue weighted by Gasteiger charge is 2.19. The Balaban J connectivity index is 1.95.